The molecule has 2 aliphatic rings. The van der Waals surface area contributed by atoms with Crippen LogP contribution in [0.4, 0.5) is 0 Å². The first-order valence-corrected chi connectivity index (χ1v) is 18.4. The molecule has 0 bridgehead atoms. The van der Waals surface area contributed by atoms with Gasteiger partial charge in [-0.3, -0.25) is 0 Å². The SMILES string of the molecule is [SiH3]CC1=CC2=C(CCCC2)[CH]1[Ti]([CH2]c1ccccc1)([CH2]c1ccccc1)[CH2]c1ccccc1. The van der Waals surface area contributed by atoms with E-state index in [9.17, 15) is 0 Å². The monoisotopic (exact) mass is 484 g/mol. The van der Waals surface area contributed by atoms with Crippen molar-refractivity contribution in [1.82, 2.24) is 0 Å². The fourth-order valence-corrected chi connectivity index (χ4v) is 17.6. The third-order valence-electron chi connectivity index (χ3n) is 7.85. The van der Waals surface area contributed by atoms with Crippen molar-refractivity contribution < 1.29 is 16.6 Å². The molecule has 2 heteroatoms. The average molecular weight is 485 g/mol. The van der Waals surface area contributed by atoms with Gasteiger partial charge in [-0.25, -0.2) is 0 Å². The van der Waals surface area contributed by atoms with Crippen molar-refractivity contribution in [3.63, 3.8) is 0 Å². The fraction of sp³-hybridized carbons (Fsp3) is 0.290. The van der Waals surface area contributed by atoms with Crippen LogP contribution in [0.3, 0.4) is 0 Å². The van der Waals surface area contributed by atoms with Crippen LogP contribution in [-0.2, 0) is 30.8 Å². The minimum atomic E-state index is -2.59. The van der Waals surface area contributed by atoms with Crippen molar-refractivity contribution in [1.29, 1.82) is 0 Å². The van der Waals surface area contributed by atoms with Gasteiger partial charge in [-0.2, -0.15) is 0 Å². The number of rotatable bonds is 8. The van der Waals surface area contributed by atoms with Gasteiger partial charge in [0, 0.05) is 0 Å². The van der Waals surface area contributed by atoms with E-state index in [4.69, 9.17) is 0 Å². The number of allylic oxidation sites excluding steroid dienone is 4. The quantitative estimate of drug-likeness (QED) is 0.299. The van der Waals surface area contributed by atoms with Gasteiger partial charge < -0.3 is 0 Å². The first kappa shape index (κ1) is 22.8. The molecule has 0 aromatic heterocycles. The number of hydrogen-bond acceptors (Lipinski definition) is 0. The van der Waals surface area contributed by atoms with Crippen LogP contribution in [0.25, 0.3) is 0 Å². The van der Waals surface area contributed by atoms with Gasteiger partial charge in [0.2, 0.25) is 0 Å². The molecule has 3 aromatic carbocycles. The molecule has 1 unspecified atom stereocenters. The topological polar surface area (TPSA) is 0 Å². The first-order valence-electron chi connectivity index (χ1n) is 12.8. The predicted molar refractivity (Wildman–Crippen MR) is 143 cm³/mol. The zero-order chi connectivity index (χ0) is 22.5. The maximum absolute atomic E-state index is 2.69. The molecule has 2 aliphatic carbocycles. The second kappa shape index (κ2) is 10.6. The molecule has 0 nitrogen and oxygen atoms in total. The van der Waals surface area contributed by atoms with Crippen LogP contribution >= 0.6 is 0 Å². The van der Waals surface area contributed by atoms with E-state index in [1.807, 2.05) is 11.1 Å². The Bertz CT molecular complexity index is 1010. The normalized spacial score (nSPS) is 18.3. The Balaban J connectivity index is 1.67. The van der Waals surface area contributed by atoms with E-state index >= 15 is 0 Å². The predicted octanol–water partition coefficient (Wildman–Crippen LogP) is 7.12. The van der Waals surface area contributed by atoms with Gasteiger partial charge in [0.15, 0.2) is 0 Å². The third-order valence-corrected chi connectivity index (χ3v) is 16.9. The van der Waals surface area contributed by atoms with Crippen LogP contribution in [-0.4, -0.2) is 10.2 Å². The molecule has 0 heterocycles. The van der Waals surface area contributed by atoms with Crippen LogP contribution in [0.2, 0.25) is 10.3 Å². The molecular formula is C31H36SiTi. The Morgan fingerprint density at radius 1 is 0.636 bits per heavy atom. The van der Waals surface area contributed by atoms with Crippen molar-refractivity contribution in [2.24, 2.45) is 0 Å². The molecule has 0 aliphatic heterocycles. The van der Waals surface area contributed by atoms with E-state index in [-0.39, 0.29) is 0 Å². The van der Waals surface area contributed by atoms with Gasteiger partial charge >= 0.3 is 207 Å². The molecular weight excluding hydrogens is 448 g/mol. The number of hydrogen-bond donors (Lipinski definition) is 0. The van der Waals surface area contributed by atoms with Crippen LogP contribution in [0.5, 0.6) is 0 Å². The molecule has 0 N–H and O–H groups in total. The van der Waals surface area contributed by atoms with Gasteiger partial charge in [0.05, 0.1) is 0 Å². The maximum atomic E-state index is 2.69. The van der Waals surface area contributed by atoms with Gasteiger partial charge in [-0.15, -0.1) is 0 Å². The molecule has 0 saturated carbocycles. The van der Waals surface area contributed by atoms with E-state index in [2.05, 4.69) is 97.1 Å². The van der Waals surface area contributed by atoms with Crippen molar-refractivity contribution in [3.8, 4) is 0 Å². The van der Waals surface area contributed by atoms with Crippen LogP contribution in [0, 0.1) is 0 Å². The van der Waals surface area contributed by atoms with Gasteiger partial charge in [0.25, 0.3) is 0 Å². The summed E-state index contributed by atoms with van der Waals surface area (Å²) in [5, 5.41) is 0. The molecule has 5 rings (SSSR count). The van der Waals surface area contributed by atoms with Crippen LogP contribution < -0.4 is 0 Å². The number of benzene rings is 3. The van der Waals surface area contributed by atoms with Gasteiger partial charge in [-0.1, -0.05) is 0 Å². The van der Waals surface area contributed by atoms with Gasteiger partial charge in [0.1, 0.15) is 0 Å². The second-order valence-corrected chi connectivity index (χ2v) is 17.6. The summed E-state index contributed by atoms with van der Waals surface area (Å²) in [4.78, 5) is 0. The molecule has 0 spiro atoms. The third kappa shape index (κ3) is 5.11. The van der Waals surface area contributed by atoms with Crippen molar-refractivity contribution in [2.45, 2.75) is 50.1 Å². The summed E-state index contributed by atoms with van der Waals surface area (Å²) in [5.41, 5.74) is 10.1. The zero-order valence-electron chi connectivity index (χ0n) is 20.0. The first-order chi connectivity index (χ1) is 16.3. The molecule has 0 saturated heterocycles. The Hall–Kier alpha value is -1.93. The van der Waals surface area contributed by atoms with Gasteiger partial charge in [-0.05, 0) is 0 Å². The second-order valence-electron chi connectivity index (χ2n) is 10.1. The van der Waals surface area contributed by atoms with E-state index < -0.39 is 16.6 Å². The summed E-state index contributed by atoms with van der Waals surface area (Å²) in [5.74, 6) is 0. The summed E-state index contributed by atoms with van der Waals surface area (Å²) in [6, 6.07) is 35.7. The summed E-state index contributed by atoms with van der Waals surface area (Å²) < 4.78 is 4.69. The van der Waals surface area contributed by atoms with E-state index in [0.717, 1.165) is 4.22 Å². The Morgan fingerprint density at radius 2 is 1.09 bits per heavy atom. The van der Waals surface area contributed by atoms with Crippen LogP contribution in [0.15, 0.2) is 114 Å². The Labute approximate surface area is 206 Å². The molecule has 1 atom stereocenters. The van der Waals surface area contributed by atoms with E-state index in [0.29, 0.717) is 0 Å². The van der Waals surface area contributed by atoms with E-state index in [1.54, 1.807) is 22.3 Å². The molecule has 168 valence electrons. The molecule has 0 amide bonds. The molecule has 33 heavy (non-hydrogen) atoms. The summed E-state index contributed by atoms with van der Waals surface area (Å²) in [7, 11) is 1.26. The Kier molecular flexibility index (Phi) is 7.31. The van der Waals surface area contributed by atoms with Crippen LogP contribution in [0.1, 0.15) is 42.4 Å². The van der Waals surface area contributed by atoms with Crippen molar-refractivity contribution in [3.05, 3.63) is 130 Å². The minimum absolute atomic E-state index is 0.762. The molecule has 3 aromatic rings. The zero-order valence-corrected chi connectivity index (χ0v) is 23.5. The molecule has 0 radical (unpaired) electrons. The van der Waals surface area contributed by atoms with Crippen molar-refractivity contribution >= 4 is 10.2 Å². The van der Waals surface area contributed by atoms with E-state index in [1.165, 1.54) is 56.1 Å². The molecule has 0 fully saturated rings. The average Bonchev–Trinajstić information content (AvgIpc) is 3.25. The fourth-order valence-electron chi connectivity index (χ4n) is 6.55. The van der Waals surface area contributed by atoms with Crippen molar-refractivity contribution in [2.75, 3.05) is 0 Å². The Morgan fingerprint density at radius 3 is 1.55 bits per heavy atom. The standard InChI is InChI=1S/C10H15Si.3C7H7.Ti/c11-7-8-5-9-3-1-2-4-10(9)6-8;3*1-7-5-3-2-4-6-7;/h5-6H,1-4,7H2,11H3;3*2-6H,1H2;. The summed E-state index contributed by atoms with van der Waals surface area (Å²) >= 11 is -2.59. The summed E-state index contributed by atoms with van der Waals surface area (Å²) in [6.07, 6.45) is 8.11. The summed E-state index contributed by atoms with van der Waals surface area (Å²) in [6.45, 7) is 0.